The summed E-state index contributed by atoms with van der Waals surface area (Å²) in [5.74, 6) is -8.11. The van der Waals surface area contributed by atoms with Gasteiger partial charge >= 0.3 is 0 Å². The number of halogens is 1. The van der Waals surface area contributed by atoms with Crippen molar-refractivity contribution in [2.24, 2.45) is 11.7 Å². The van der Waals surface area contributed by atoms with Crippen LogP contribution in [0.4, 0.5) is 4.48 Å². The number of primary amides is 1. The Morgan fingerprint density at radius 3 is 2.21 bits per heavy atom. The number of hydrogen-bond acceptors (Lipinski definition) is 13. The van der Waals surface area contributed by atoms with Gasteiger partial charge in [0, 0.05) is 23.9 Å². The van der Waals surface area contributed by atoms with Gasteiger partial charge in [-0.2, -0.15) is 5.54 Å². The van der Waals surface area contributed by atoms with Crippen LogP contribution in [0.25, 0.3) is 10.9 Å². The van der Waals surface area contributed by atoms with Crippen LogP contribution in [0.15, 0.2) is 23.2 Å². The number of nitrogens with one attached hydrogen (secondary N) is 8. The Hall–Kier alpha value is -6.01. The summed E-state index contributed by atoms with van der Waals surface area (Å²) in [5, 5.41) is 45.1. The van der Waals surface area contributed by atoms with Gasteiger partial charge in [0.15, 0.2) is 0 Å². The van der Waals surface area contributed by atoms with E-state index in [1.807, 2.05) is 0 Å². The van der Waals surface area contributed by atoms with Crippen LogP contribution in [-0.4, -0.2) is 147 Å². The predicted molar refractivity (Wildman–Crippen MR) is 220 cm³/mol. The van der Waals surface area contributed by atoms with E-state index in [2.05, 4.69) is 36.9 Å². The molecule has 13 N–H and O–H groups in total. The first-order valence-electron chi connectivity index (χ1n) is 19.8. The number of thioether (sulfide) groups is 1. The van der Waals surface area contributed by atoms with E-state index in [-0.39, 0.29) is 30.4 Å². The first-order chi connectivity index (χ1) is 29.4. The molecule has 2 aromatic rings. The van der Waals surface area contributed by atoms with Crippen molar-refractivity contribution in [3.8, 4) is 5.75 Å². The number of fused-ring (bicyclic) bond motifs is 1. The molecule has 0 saturated carbocycles. The number of amides is 9. The fraction of sp³-hybridized carbons (Fsp3) is 0.553. The number of aromatic amines is 1. The molecule has 1 aliphatic heterocycles. The zero-order valence-corrected chi connectivity index (χ0v) is 35.3. The van der Waals surface area contributed by atoms with Crippen LogP contribution in [0.5, 0.6) is 5.75 Å². The fourth-order valence-electron chi connectivity index (χ4n) is 6.78. The lowest BCUT2D eigenvalue weighted by Gasteiger charge is -2.29. The SMILES string of the molecule is CCC(CC)[C@H](NC(=O)CNC(=O)CNC(=O)[C@H](C[C@@H](O)CO)NC(=O)[C@@H]1CCCN1C(=O)[C@H](CC(N)=O)NC(=O)CSc1[nH]c2ccc(O)cc2c1C)C(=O)NCC(=O)NF. The van der Waals surface area contributed by atoms with E-state index in [0.29, 0.717) is 24.3 Å². The lowest BCUT2D eigenvalue weighted by Crippen LogP contribution is -2.57. The lowest BCUT2D eigenvalue weighted by atomic mass is 9.93. The van der Waals surface area contributed by atoms with E-state index in [0.717, 1.165) is 38.7 Å². The van der Waals surface area contributed by atoms with Crippen molar-refractivity contribution < 1.29 is 63.0 Å². The summed E-state index contributed by atoms with van der Waals surface area (Å²) in [7, 11) is 0. The number of aryl methyl sites for hydroxylation is 1. The van der Waals surface area contributed by atoms with Gasteiger partial charge in [0.25, 0.3) is 5.91 Å². The zero-order chi connectivity index (χ0) is 46.1. The van der Waals surface area contributed by atoms with Gasteiger partial charge in [-0.15, -0.1) is 4.48 Å². The molecule has 1 aliphatic rings. The minimum Gasteiger partial charge on any atom is -0.508 e. The van der Waals surface area contributed by atoms with Crippen LogP contribution in [0.1, 0.15) is 57.9 Å². The van der Waals surface area contributed by atoms with Crippen LogP contribution < -0.4 is 43.2 Å². The summed E-state index contributed by atoms with van der Waals surface area (Å²) in [6.45, 7) is 2.57. The largest absolute Gasteiger partial charge is 0.508 e. The number of H-pyrrole nitrogens is 1. The average molecular weight is 895 g/mol. The first-order valence-corrected chi connectivity index (χ1v) is 20.8. The predicted octanol–water partition coefficient (Wildman–Crippen LogP) is -2.88. The van der Waals surface area contributed by atoms with Crippen molar-refractivity contribution in [2.45, 2.75) is 94.6 Å². The average Bonchev–Trinajstić information content (AvgIpc) is 3.86. The van der Waals surface area contributed by atoms with Crippen LogP contribution in [0.3, 0.4) is 0 Å². The highest BCUT2D eigenvalue weighted by atomic mass is 32.2. The van der Waals surface area contributed by atoms with Crippen molar-refractivity contribution in [1.29, 1.82) is 0 Å². The molecule has 0 bridgehead atoms. The molecule has 62 heavy (non-hydrogen) atoms. The van der Waals surface area contributed by atoms with E-state index in [9.17, 15) is 63.0 Å². The summed E-state index contributed by atoms with van der Waals surface area (Å²) in [4.78, 5) is 119. The third-order valence-electron chi connectivity index (χ3n) is 10.1. The Bertz CT molecular complexity index is 1960. The Balaban J connectivity index is 1.60. The number of rotatable bonds is 24. The number of carbonyl (C=O) groups excluding carboxylic acids is 9. The van der Waals surface area contributed by atoms with Gasteiger partial charge in [0.2, 0.25) is 47.3 Å². The number of nitrogens with two attached hydrogens (primary N) is 1. The molecule has 0 aliphatic carbocycles. The Morgan fingerprint density at radius 1 is 0.903 bits per heavy atom. The van der Waals surface area contributed by atoms with Gasteiger partial charge in [-0.25, -0.2) is 0 Å². The minimum atomic E-state index is -1.53. The second kappa shape index (κ2) is 24.4. The number of aliphatic hydroxyl groups is 2. The summed E-state index contributed by atoms with van der Waals surface area (Å²) in [5.41, 5.74) is 7.80. The molecule has 1 aromatic heterocycles. The van der Waals surface area contributed by atoms with Crippen molar-refractivity contribution >= 4 is 75.8 Å². The normalized spacial score (nSPS) is 15.5. The number of aromatic hydroxyl groups is 1. The molecular weight excluding hydrogens is 840 g/mol. The monoisotopic (exact) mass is 894 g/mol. The van der Waals surface area contributed by atoms with E-state index in [4.69, 9.17) is 5.73 Å². The molecule has 3 rings (SSSR count). The van der Waals surface area contributed by atoms with Crippen molar-refractivity contribution in [3.05, 3.63) is 23.8 Å². The molecule has 24 heteroatoms. The number of carbonyl (C=O) groups is 9. The van der Waals surface area contributed by atoms with Crippen LogP contribution >= 0.6 is 11.8 Å². The number of nitrogens with zero attached hydrogens (tertiary/aromatic N) is 1. The number of hydrogen-bond donors (Lipinski definition) is 12. The number of phenols is 1. The van der Waals surface area contributed by atoms with Crippen LogP contribution in [0, 0.1) is 12.8 Å². The third-order valence-corrected chi connectivity index (χ3v) is 11.2. The van der Waals surface area contributed by atoms with Gasteiger partial charge in [-0.05, 0) is 49.4 Å². The maximum Gasteiger partial charge on any atom is 0.267 e. The second-order valence-electron chi connectivity index (χ2n) is 14.6. The van der Waals surface area contributed by atoms with Gasteiger partial charge in [0.05, 0.1) is 49.5 Å². The van der Waals surface area contributed by atoms with E-state index >= 15 is 0 Å². The van der Waals surface area contributed by atoms with Gasteiger partial charge < -0.3 is 62.8 Å². The molecule has 0 radical (unpaired) electrons. The molecule has 2 heterocycles. The van der Waals surface area contributed by atoms with Crippen molar-refractivity contribution in [2.75, 3.05) is 38.5 Å². The topological polar surface area (TPSA) is 344 Å². The van der Waals surface area contributed by atoms with Crippen LogP contribution in [0.2, 0.25) is 0 Å². The fourth-order valence-corrected chi connectivity index (χ4v) is 7.65. The Kier molecular flexibility index (Phi) is 19.8. The first kappa shape index (κ1) is 50.3. The summed E-state index contributed by atoms with van der Waals surface area (Å²) in [6, 6.07) is -0.514. The lowest BCUT2D eigenvalue weighted by molar-refractivity contribution is -0.143. The maximum atomic E-state index is 13.8. The molecule has 0 unspecified atom stereocenters. The quantitative estimate of drug-likeness (QED) is 0.0373. The molecule has 22 nitrogen and oxygen atoms in total. The Morgan fingerprint density at radius 2 is 1.56 bits per heavy atom. The zero-order valence-electron chi connectivity index (χ0n) is 34.5. The number of aliphatic hydroxyl groups excluding tert-OH is 2. The maximum absolute atomic E-state index is 13.8. The molecule has 0 spiro atoms. The second-order valence-corrected chi connectivity index (χ2v) is 15.5. The highest BCUT2D eigenvalue weighted by Crippen LogP contribution is 2.31. The van der Waals surface area contributed by atoms with Gasteiger partial charge in [-0.1, -0.05) is 38.5 Å². The number of aromatic nitrogens is 1. The third kappa shape index (κ3) is 14.9. The van der Waals surface area contributed by atoms with Crippen LogP contribution in [-0.2, 0) is 43.2 Å². The van der Waals surface area contributed by atoms with Crippen molar-refractivity contribution in [3.63, 3.8) is 0 Å². The van der Waals surface area contributed by atoms with E-state index in [1.165, 1.54) is 6.07 Å². The summed E-state index contributed by atoms with van der Waals surface area (Å²) < 4.78 is 12.3. The molecule has 9 amide bonds. The molecule has 342 valence electrons. The summed E-state index contributed by atoms with van der Waals surface area (Å²) in [6.07, 6.45) is -1.24. The standard InChI is InChI=1S/C38H55FN10O12S/c1-4-20(5-2)33(36(60)43-16-31(56)48-39)47-30(55)15-41-29(54)14-42-34(58)25(12-22(52)17-50)45-35(59)27-7-6-10-49(27)38(61)26(13-28(40)53)44-32(57)18-62-37-19(3)23-11-21(51)8-9-24(23)46-37/h8-9,11,20,22,25-27,33,46,50-52H,4-7,10,12-18H2,1-3H3,(H2,40,53)(H,41,54)(H,42,58)(H,43,60)(H,44,57)(H,45,59)(H,47,55)(H,48,56)/t22-,25+,26+,27+,33+/m1/s1. The van der Waals surface area contributed by atoms with Gasteiger partial charge in [-0.3, -0.25) is 43.2 Å². The molecule has 1 saturated heterocycles. The number of likely N-dealkylation sites (tertiary alicyclic amines) is 1. The summed E-state index contributed by atoms with van der Waals surface area (Å²) >= 11 is 1.12. The van der Waals surface area contributed by atoms with E-state index < -0.39 is 123 Å². The highest BCUT2D eigenvalue weighted by Gasteiger charge is 2.40. The van der Waals surface area contributed by atoms with E-state index in [1.54, 1.807) is 32.9 Å². The number of phenolic OH excluding ortho intramolecular Hbond substituents is 1. The molecule has 1 fully saturated rings. The molecule has 1 aromatic carbocycles. The Labute approximate surface area is 359 Å². The minimum absolute atomic E-state index is 0.0427. The van der Waals surface area contributed by atoms with Crippen molar-refractivity contribution in [1.82, 2.24) is 47.3 Å². The molecule has 5 atom stereocenters. The number of benzene rings is 1. The molecular formula is C38H55FN10O12S. The van der Waals surface area contributed by atoms with Gasteiger partial charge in [0.1, 0.15) is 29.9 Å². The smallest absolute Gasteiger partial charge is 0.267 e. The highest BCUT2D eigenvalue weighted by molar-refractivity contribution is 8.00.